The zero-order valence-corrected chi connectivity index (χ0v) is 18.6. The van der Waals surface area contributed by atoms with Crippen molar-refractivity contribution in [3.8, 4) is 0 Å². The molecule has 5 amide bonds. The standard InChI is InChI=1S/C25H25N5O4/c31-20(14-30-19-4-2-1-3-18(19)24(22(30)33)7-9-26-10-8-24)27-17-6-5-15-12-25(13-16(15)11-17)21(32)28-23(34)29-25/h1-6,11,26H,7-10,12-14H2,(H,27,31)(H2,28,29,32,34). The van der Waals surface area contributed by atoms with Gasteiger partial charge in [-0.3, -0.25) is 19.7 Å². The van der Waals surface area contributed by atoms with Gasteiger partial charge in [0.15, 0.2) is 0 Å². The van der Waals surface area contributed by atoms with Crippen molar-refractivity contribution >= 4 is 35.1 Å². The Hall–Kier alpha value is -3.72. The summed E-state index contributed by atoms with van der Waals surface area (Å²) in [4.78, 5) is 52.1. The number of amides is 5. The molecule has 1 unspecified atom stereocenters. The van der Waals surface area contributed by atoms with Gasteiger partial charge in [-0.25, -0.2) is 4.79 Å². The van der Waals surface area contributed by atoms with Crippen molar-refractivity contribution in [1.82, 2.24) is 16.0 Å². The van der Waals surface area contributed by atoms with Crippen LogP contribution >= 0.6 is 0 Å². The molecule has 1 atom stereocenters. The van der Waals surface area contributed by atoms with Crippen LogP contribution in [0.4, 0.5) is 16.2 Å². The molecule has 2 fully saturated rings. The van der Waals surface area contributed by atoms with Crippen LogP contribution < -0.4 is 26.2 Å². The van der Waals surface area contributed by atoms with Gasteiger partial charge in [-0.05, 0) is 60.8 Å². The Morgan fingerprint density at radius 3 is 2.53 bits per heavy atom. The van der Waals surface area contributed by atoms with E-state index in [1.165, 1.54) is 0 Å². The van der Waals surface area contributed by atoms with E-state index >= 15 is 0 Å². The molecule has 34 heavy (non-hydrogen) atoms. The monoisotopic (exact) mass is 459 g/mol. The maximum absolute atomic E-state index is 13.5. The van der Waals surface area contributed by atoms with Gasteiger partial charge in [0.2, 0.25) is 11.8 Å². The van der Waals surface area contributed by atoms with Gasteiger partial charge in [-0.2, -0.15) is 0 Å². The Morgan fingerprint density at radius 1 is 1.00 bits per heavy atom. The van der Waals surface area contributed by atoms with E-state index < -0.39 is 17.0 Å². The Kier molecular flexibility index (Phi) is 4.54. The number of hydrogen-bond donors (Lipinski definition) is 4. The Labute approximate surface area is 196 Å². The topological polar surface area (TPSA) is 120 Å². The summed E-state index contributed by atoms with van der Waals surface area (Å²) >= 11 is 0. The molecule has 0 bridgehead atoms. The zero-order chi connectivity index (χ0) is 23.5. The third-order valence-electron chi connectivity index (χ3n) is 7.61. The second-order valence-electron chi connectivity index (χ2n) is 9.62. The van der Waals surface area contributed by atoms with E-state index in [-0.39, 0.29) is 24.3 Å². The van der Waals surface area contributed by atoms with Gasteiger partial charge < -0.3 is 20.9 Å². The molecule has 2 aromatic rings. The summed E-state index contributed by atoms with van der Waals surface area (Å²) in [5, 5.41) is 11.3. The molecule has 6 rings (SSSR count). The maximum atomic E-state index is 13.5. The van der Waals surface area contributed by atoms with Gasteiger partial charge in [0.25, 0.3) is 5.91 Å². The van der Waals surface area contributed by atoms with E-state index in [0.717, 1.165) is 48.3 Å². The van der Waals surface area contributed by atoms with Gasteiger partial charge >= 0.3 is 6.03 Å². The highest BCUT2D eigenvalue weighted by molar-refractivity contribution is 6.12. The van der Waals surface area contributed by atoms with Crippen molar-refractivity contribution < 1.29 is 19.2 Å². The maximum Gasteiger partial charge on any atom is 0.322 e. The molecule has 9 heteroatoms. The molecule has 4 N–H and O–H groups in total. The molecule has 3 heterocycles. The van der Waals surface area contributed by atoms with Crippen molar-refractivity contribution in [2.75, 3.05) is 29.9 Å². The van der Waals surface area contributed by atoms with Crippen molar-refractivity contribution in [1.29, 1.82) is 0 Å². The minimum Gasteiger partial charge on any atom is -0.325 e. The lowest BCUT2D eigenvalue weighted by atomic mass is 9.74. The van der Waals surface area contributed by atoms with Gasteiger partial charge in [-0.1, -0.05) is 24.3 Å². The number of fused-ring (bicyclic) bond motifs is 3. The highest BCUT2D eigenvalue weighted by Gasteiger charge is 2.52. The summed E-state index contributed by atoms with van der Waals surface area (Å²) in [5.41, 5.74) is 2.78. The predicted molar refractivity (Wildman–Crippen MR) is 124 cm³/mol. The number of carbonyl (C=O) groups is 4. The molecule has 9 nitrogen and oxygen atoms in total. The molecule has 2 spiro atoms. The molecule has 2 saturated heterocycles. The SMILES string of the molecule is O=C(CN1C(=O)C2(CCNCC2)c2ccccc21)Nc1ccc2c(c1)CC1(C2)NC(=O)NC1=O. The normalized spacial score (nSPS) is 24.2. The molecular formula is C25H25N5O4. The molecule has 0 aromatic heterocycles. The van der Waals surface area contributed by atoms with Crippen LogP contribution in [-0.2, 0) is 32.6 Å². The van der Waals surface area contributed by atoms with Crippen LogP contribution in [0, 0.1) is 0 Å². The second kappa shape index (κ2) is 7.39. The van der Waals surface area contributed by atoms with Crippen molar-refractivity contribution in [3.63, 3.8) is 0 Å². The molecule has 1 aliphatic carbocycles. The van der Waals surface area contributed by atoms with E-state index in [1.807, 2.05) is 36.4 Å². The van der Waals surface area contributed by atoms with Gasteiger partial charge in [0, 0.05) is 24.2 Å². The lowest BCUT2D eigenvalue weighted by Gasteiger charge is -2.33. The van der Waals surface area contributed by atoms with Crippen LogP contribution in [0.25, 0.3) is 0 Å². The fourth-order valence-corrected chi connectivity index (χ4v) is 5.96. The first-order chi connectivity index (χ1) is 16.4. The quantitative estimate of drug-likeness (QED) is 0.510. The first kappa shape index (κ1) is 20.9. The second-order valence-corrected chi connectivity index (χ2v) is 9.62. The summed E-state index contributed by atoms with van der Waals surface area (Å²) in [5.74, 6) is -0.615. The number of rotatable bonds is 3. The molecule has 3 aliphatic heterocycles. The average molecular weight is 460 g/mol. The number of carbonyl (C=O) groups excluding carboxylic acids is 4. The number of hydrogen-bond acceptors (Lipinski definition) is 5. The van der Waals surface area contributed by atoms with Crippen LogP contribution in [0.15, 0.2) is 42.5 Å². The highest BCUT2D eigenvalue weighted by atomic mass is 16.2. The molecule has 0 saturated carbocycles. The number of imide groups is 1. The van der Waals surface area contributed by atoms with Crippen molar-refractivity contribution in [2.45, 2.75) is 36.6 Å². The lowest BCUT2D eigenvalue weighted by Crippen LogP contribution is -2.48. The van der Waals surface area contributed by atoms with Gasteiger partial charge in [0.1, 0.15) is 12.1 Å². The van der Waals surface area contributed by atoms with E-state index in [1.54, 1.807) is 11.0 Å². The van der Waals surface area contributed by atoms with Crippen LogP contribution in [0.1, 0.15) is 29.5 Å². The van der Waals surface area contributed by atoms with E-state index in [9.17, 15) is 19.2 Å². The van der Waals surface area contributed by atoms with Gasteiger partial charge in [-0.15, -0.1) is 0 Å². The molecule has 0 radical (unpaired) electrons. The number of anilines is 2. The zero-order valence-electron chi connectivity index (χ0n) is 18.6. The van der Waals surface area contributed by atoms with Gasteiger partial charge in [0.05, 0.1) is 5.41 Å². The van der Waals surface area contributed by atoms with Crippen LogP contribution in [0.5, 0.6) is 0 Å². The minimum atomic E-state index is -0.948. The lowest BCUT2D eigenvalue weighted by molar-refractivity contribution is -0.125. The number of nitrogens with one attached hydrogen (secondary N) is 4. The highest BCUT2D eigenvalue weighted by Crippen LogP contribution is 2.46. The van der Waals surface area contributed by atoms with Crippen LogP contribution in [0.2, 0.25) is 0 Å². The average Bonchev–Trinajstić information content (AvgIpc) is 3.40. The Bertz CT molecular complexity index is 1250. The summed E-state index contributed by atoms with van der Waals surface area (Å²) < 4.78 is 0. The van der Waals surface area contributed by atoms with E-state index in [4.69, 9.17) is 0 Å². The van der Waals surface area contributed by atoms with E-state index in [0.29, 0.717) is 18.5 Å². The molecule has 174 valence electrons. The summed E-state index contributed by atoms with van der Waals surface area (Å²) in [7, 11) is 0. The first-order valence-electron chi connectivity index (χ1n) is 11.6. The number of benzene rings is 2. The Morgan fingerprint density at radius 2 is 1.76 bits per heavy atom. The molecule has 2 aromatic carbocycles. The number of piperidine rings is 1. The fraction of sp³-hybridized carbons (Fsp3) is 0.360. The van der Waals surface area contributed by atoms with Crippen molar-refractivity contribution in [2.24, 2.45) is 0 Å². The van der Waals surface area contributed by atoms with Crippen LogP contribution in [0.3, 0.4) is 0 Å². The first-order valence-corrected chi connectivity index (χ1v) is 11.6. The predicted octanol–water partition coefficient (Wildman–Crippen LogP) is 0.970. The van der Waals surface area contributed by atoms with Crippen molar-refractivity contribution in [3.05, 3.63) is 59.2 Å². The fourth-order valence-electron chi connectivity index (χ4n) is 5.96. The third-order valence-corrected chi connectivity index (χ3v) is 7.61. The van der Waals surface area contributed by atoms with E-state index in [2.05, 4.69) is 21.3 Å². The largest absolute Gasteiger partial charge is 0.325 e. The molecule has 4 aliphatic rings. The number of para-hydroxylation sites is 1. The number of urea groups is 1. The molecular weight excluding hydrogens is 434 g/mol. The number of nitrogens with zero attached hydrogens (tertiary/aromatic N) is 1. The third kappa shape index (κ3) is 3.03. The Balaban J connectivity index is 1.19. The summed E-state index contributed by atoms with van der Waals surface area (Å²) in [6.07, 6.45) is 2.23. The minimum absolute atomic E-state index is 0.00997. The smallest absolute Gasteiger partial charge is 0.322 e. The summed E-state index contributed by atoms with van der Waals surface area (Å²) in [6.45, 7) is 1.48. The van der Waals surface area contributed by atoms with Crippen LogP contribution in [-0.4, -0.2) is 48.9 Å². The summed E-state index contributed by atoms with van der Waals surface area (Å²) in [6, 6.07) is 12.8.